The fourth-order valence-electron chi connectivity index (χ4n) is 1.86. The number of anilines is 1. The molecule has 2 N–H and O–H groups in total. The first-order valence-corrected chi connectivity index (χ1v) is 6.27. The molecular formula is C16H17NO2. The quantitative estimate of drug-likeness (QED) is 0.882. The summed E-state index contributed by atoms with van der Waals surface area (Å²) < 4.78 is 0. The number of carbonyl (C=O) groups is 1. The molecule has 0 heterocycles. The van der Waals surface area contributed by atoms with Crippen molar-refractivity contribution in [1.82, 2.24) is 0 Å². The van der Waals surface area contributed by atoms with E-state index >= 15 is 0 Å². The number of benzene rings is 2. The number of aliphatic hydroxyl groups excluding tert-OH is 1. The van der Waals surface area contributed by atoms with Crippen LogP contribution >= 0.6 is 0 Å². The number of hydrogen-bond acceptors (Lipinski definition) is 2. The van der Waals surface area contributed by atoms with E-state index in [-0.39, 0.29) is 5.91 Å². The Balaban J connectivity index is 2.03. The van der Waals surface area contributed by atoms with Gasteiger partial charge in [-0.05, 0) is 17.7 Å². The molecule has 2 unspecified atom stereocenters. The van der Waals surface area contributed by atoms with Gasteiger partial charge >= 0.3 is 0 Å². The van der Waals surface area contributed by atoms with Crippen molar-refractivity contribution >= 4 is 11.6 Å². The summed E-state index contributed by atoms with van der Waals surface area (Å²) in [5.74, 6) is -0.704. The number of hydrogen-bond donors (Lipinski definition) is 2. The predicted octanol–water partition coefficient (Wildman–Crippen LogP) is 2.99. The third-order valence-electron chi connectivity index (χ3n) is 3.07. The van der Waals surface area contributed by atoms with Crippen LogP contribution in [0.25, 0.3) is 0 Å². The first-order valence-electron chi connectivity index (χ1n) is 6.27. The predicted molar refractivity (Wildman–Crippen MR) is 75.6 cm³/mol. The Morgan fingerprint density at radius 1 is 1.00 bits per heavy atom. The number of para-hydroxylation sites is 1. The second kappa shape index (κ2) is 6.16. The van der Waals surface area contributed by atoms with Gasteiger partial charge in [0.1, 0.15) is 0 Å². The Morgan fingerprint density at radius 3 is 2.11 bits per heavy atom. The van der Waals surface area contributed by atoms with E-state index in [1.807, 2.05) is 60.7 Å². The van der Waals surface area contributed by atoms with Gasteiger partial charge in [-0.3, -0.25) is 4.79 Å². The van der Waals surface area contributed by atoms with Crippen LogP contribution in [0.5, 0.6) is 0 Å². The molecule has 2 aromatic carbocycles. The zero-order chi connectivity index (χ0) is 13.7. The molecule has 2 atom stereocenters. The van der Waals surface area contributed by atoms with Crippen molar-refractivity contribution in [3.05, 3.63) is 66.2 Å². The Bertz CT molecular complexity index is 525. The van der Waals surface area contributed by atoms with E-state index in [1.54, 1.807) is 6.92 Å². The highest BCUT2D eigenvalue weighted by molar-refractivity contribution is 5.92. The average molecular weight is 255 g/mol. The number of amides is 1. The van der Waals surface area contributed by atoms with Crippen LogP contribution in [0.4, 0.5) is 5.69 Å². The lowest BCUT2D eigenvalue weighted by Gasteiger charge is -2.18. The van der Waals surface area contributed by atoms with E-state index in [0.29, 0.717) is 0 Å². The topological polar surface area (TPSA) is 49.3 Å². The maximum atomic E-state index is 12.1. The molecule has 3 nitrogen and oxygen atoms in total. The third-order valence-corrected chi connectivity index (χ3v) is 3.07. The molecule has 0 aliphatic rings. The maximum absolute atomic E-state index is 12.1. The second-order valence-electron chi connectivity index (χ2n) is 4.50. The van der Waals surface area contributed by atoms with E-state index in [4.69, 9.17) is 0 Å². The van der Waals surface area contributed by atoms with Crippen LogP contribution in [-0.4, -0.2) is 11.0 Å². The molecule has 2 rings (SSSR count). The lowest BCUT2D eigenvalue weighted by Crippen LogP contribution is -2.25. The van der Waals surface area contributed by atoms with E-state index < -0.39 is 12.0 Å². The Hall–Kier alpha value is -2.13. The number of rotatable bonds is 4. The van der Waals surface area contributed by atoms with Crippen LogP contribution in [0, 0.1) is 5.92 Å². The monoisotopic (exact) mass is 255 g/mol. The van der Waals surface area contributed by atoms with Gasteiger partial charge in [-0.2, -0.15) is 0 Å². The van der Waals surface area contributed by atoms with Crippen molar-refractivity contribution < 1.29 is 9.90 Å². The third kappa shape index (κ3) is 3.42. The van der Waals surface area contributed by atoms with Crippen LogP contribution < -0.4 is 5.32 Å². The molecule has 2 aromatic rings. The zero-order valence-electron chi connectivity index (χ0n) is 10.8. The maximum Gasteiger partial charge on any atom is 0.230 e. The van der Waals surface area contributed by atoms with Gasteiger partial charge in [0, 0.05) is 5.69 Å². The van der Waals surface area contributed by atoms with E-state index in [2.05, 4.69) is 5.32 Å². The minimum Gasteiger partial charge on any atom is -0.388 e. The van der Waals surface area contributed by atoms with Crippen LogP contribution in [0.15, 0.2) is 60.7 Å². The Morgan fingerprint density at radius 2 is 1.53 bits per heavy atom. The van der Waals surface area contributed by atoms with Gasteiger partial charge in [-0.1, -0.05) is 55.5 Å². The molecular weight excluding hydrogens is 238 g/mol. The SMILES string of the molecule is CC(C(=O)Nc1ccccc1)C(O)c1ccccc1. The molecule has 0 spiro atoms. The highest BCUT2D eigenvalue weighted by Gasteiger charge is 2.23. The summed E-state index contributed by atoms with van der Waals surface area (Å²) in [6.45, 7) is 1.72. The van der Waals surface area contributed by atoms with Crippen LogP contribution in [0.2, 0.25) is 0 Å². The summed E-state index contributed by atoms with van der Waals surface area (Å²) in [6, 6.07) is 18.4. The Kier molecular flexibility index (Phi) is 4.31. The van der Waals surface area contributed by atoms with Crippen LogP contribution in [0.1, 0.15) is 18.6 Å². The average Bonchev–Trinajstić information content (AvgIpc) is 2.47. The Labute approximate surface area is 112 Å². The summed E-state index contributed by atoms with van der Waals surface area (Å²) in [4.78, 5) is 12.1. The van der Waals surface area contributed by atoms with E-state index in [0.717, 1.165) is 11.3 Å². The molecule has 19 heavy (non-hydrogen) atoms. The molecule has 0 aromatic heterocycles. The minimum absolute atomic E-state index is 0.192. The molecule has 0 bridgehead atoms. The fourth-order valence-corrected chi connectivity index (χ4v) is 1.86. The molecule has 0 aliphatic carbocycles. The largest absolute Gasteiger partial charge is 0.388 e. The second-order valence-corrected chi connectivity index (χ2v) is 4.50. The number of aliphatic hydroxyl groups is 1. The van der Waals surface area contributed by atoms with E-state index in [9.17, 15) is 9.90 Å². The van der Waals surface area contributed by atoms with Crippen molar-refractivity contribution in [2.24, 2.45) is 5.92 Å². The van der Waals surface area contributed by atoms with Gasteiger partial charge in [0.05, 0.1) is 12.0 Å². The van der Waals surface area contributed by atoms with Crippen LogP contribution in [-0.2, 0) is 4.79 Å². The molecule has 0 radical (unpaired) electrons. The van der Waals surface area contributed by atoms with Gasteiger partial charge < -0.3 is 10.4 Å². The van der Waals surface area contributed by atoms with Gasteiger partial charge in [-0.25, -0.2) is 0 Å². The molecule has 0 aliphatic heterocycles. The molecule has 3 heteroatoms. The molecule has 98 valence electrons. The minimum atomic E-state index is -0.801. The summed E-state index contributed by atoms with van der Waals surface area (Å²) in [7, 11) is 0. The van der Waals surface area contributed by atoms with Gasteiger partial charge in [0.15, 0.2) is 0 Å². The van der Waals surface area contributed by atoms with Crippen molar-refractivity contribution in [1.29, 1.82) is 0 Å². The summed E-state index contributed by atoms with van der Waals surface area (Å²) in [5.41, 5.74) is 1.48. The van der Waals surface area contributed by atoms with Gasteiger partial charge in [0.25, 0.3) is 0 Å². The van der Waals surface area contributed by atoms with Crippen molar-refractivity contribution in [2.75, 3.05) is 5.32 Å². The van der Waals surface area contributed by atoms with Crippen molar-refractivity contribution in [3.63, 3.8) is 0 Å². The van der Waals surface area contributed by atoms with Crippen LogP contribution in [0.3, 0.4) is 0 Å². The zero-order valence-corrected chi connectivity index (χ0v) is 10.8. The van der Waals surface area contributed by atoms with Crippen molar-refractivity contribution in [3.8, 4) is 0 Å². The standard InChI is InChI=1S/C16H17NO2/c1-12(15(18)13-8-4-2-5-9-13)16(19)17-14-10-6-3-7-11-14/h2-12,15,18H,1H3,(H,17,19). The molecule has 1 amide bonds. The number of carbonyl (C=O) groups excluding carboxylic acids is 1. The van der Waals surface area contributed by atoms with Crippen molar-refractivity contribution in [2.45, 2.75) is 13.0 Å². The van der Waals surface area contributed by atoms with Gasteiger partial charge in [0.2, 0.25) is 5.91 Å². The summed E-state index contributed by atoms with van der Waals surface area (Å²) in [6.07, 6.45) is -0.801. The molecule has 0 fully saturated rings. The summed E-state index contributed by atoms with van der Waals surface area (Å²) in [5, 5.41) is 13.0. The van der Waals surface area contributed by atoms with E-state index in [1.165, 1.54) is 0 Å². The normalized spacial score (nSPS) is 13.6. The fraction of sp³-hybridized carbons (Fsp3) is 0.188. The summed E-state index contributed by atoms with van der Waals surface area (Å²) >= 11 is 0. The lowest BCUT2D eigenvalue weighted by molar-refractivity contribution is -0.122. The molecule has 0 saturated heterocycles. The first kappa shape index (κ1) is 13.3. The lowest BCUT2D eigenvalue weighted by atomic mass is 9.96. The highest BCUT2D eigenvalue weighted by Crippen LogP contribution is 2.22. The number of nitrogens with one attached hydrogen (secondary N) is 1. The molecule has 0 saturated carbocycles. The van der Waals surface area contributed by atoms with Gasteiger partial charge in [-0.15, -0.1) is 0 Å². The first-order chi connectivity index (χ1) is 9.18. The smallest absolute Gasteiger partial charge is 0.230 e. The highest BCUT2D eigenvalue weighted by atomic mass is 16.3.